The molecule has 170 valence electrons. The first kappa shape index (κ1) is 23.6. The van der Waals surface area contributed by atoms with Crippen LogP contribution in [-0.4, -0.2) is 62.4 Å². The molecule has 4 rings (SSSR count). The number of fused-ring (bicyclic) bond motifs is 1. The molecule has 2 atom stereocenters. The highest BCUT2D eigenvalue weighted by molar-refractivity contribution is 7.17. The van der Waals surface area contributed by atoms with Crippen LogP contribution in [0, 0.1) is 12.7 Å². The van der Waals surface area contributed by atoms with Gasteiger partial charge in [0.1, 0.15) is 16.3 Å². The number of carbonyl (C=O) groups is 2. The lowest BCUT2D eigenvalue weighted by molar-refractivity contribution is -0.122. The predicted octanol–water partition coefficient (Wildman–Crippen LogP) is 2.87. The topological polar surface area (TPSA) is 107 Å². The Morgan fingerprint density at radius 2 is 2.03 bits per heavy atom. The number of hydrogen-bond donors (Lipinski definition) is 2. The first-order chi connectivity index (χ1) is 15.3. The third-order valence-corrected chi connectivity index (χ3v) is 6.68. The monoisotopic (exact) mass is 460 g/mol. The molecule has 1 aliphatic rings. The molecule has 0 aliphatic carbocycles. The van der Waals surface area contributed by atoms with E-state index >= 15 is 0 Å². The van der Waals surface area contributed by atoms with Gasteiger partial charge in [0.25, 0.3) is 17.9 Å². The van der Waals surface area contributed by atoms with Crippen molar-refractivity contribution in [2.75, 3.05) is 13.1 Å². The summed E-state index contributed by atoms with van der Waals surface area (Å²) in [5.74, 6) is 0.240. The predicted molar refractivity (Wildman–Crippen MR) is 120 cm³/mol. The largest absolute Gasteiger partial charge is 0.483 e. The minimum Gasteiger partial charge on any atom is -0.483 e. The molecule has 8 nitrogen and oxygen atoms in total. The van der Waals surface area contributed by atoms with Crippen molar-refractivity contribution in [1.29, 1.82) is 0 Å². The minimum absolute atomic E-state index is 0.0294. The second-order valence-electron chi connectivity index (χ2n) is 7.67. The lowest BCUT2D eigenvalue weighted by Gasteiger charge is -2.44. The normalized spacial score (nSPS) is 18.8. The summed E-state index contributed by atoms with van der Waals surface area (Å²) in [6, 6.07) is 6.39. The number of piperazine rings is 1. The Hall–Kier alpha value is -3.11. The van der Waals surface area contributed by atoms with E-state index in [0.717, 1.165) is 5.52 Å². The number of amides is 1. The molecule has 1 fully saturated rings. The number of thiophene rings is 1. The van der Waals surface area contributed by atoms with Crippen molar-refractivity contribution in [3.8, 4) is 0 Å². The summed E-state index contributed by atoms with van der Waals surface area (Å²) in [6.45, 7) is 7.25. The number of aromatic nitrogens is 2. The molecular formula is C22H25FN4O4S. The Balaban J connectivity index is 0.000000913. The van der Waals surface area contributed by atoms with Crippen molar-refractivity contribution in [3.63, 3.8) is 0 Å². The number of nitrogens with one attached hydrogen (secondary N) is 1. The van der Waals surface area contributed by atoms with Crippen molar-refractivity contribution < 1.29 is 19.1 Å². The Bertz CT molecular complexity index is 1180. The van der Waals surface area contributed by atoms with Crippen LogP contribution in [0.15, 0.2) is 34.4 Å². The highest BCUT2D eigenvalue weighted by Crippen LogP contribution is 2.22. The highest BCUT2D eigenvalue weighted by atomic mass is 32.1. The van der Waals surface area contributed by atoms with Crippen molar-refractivity contribution in [1.82, 2.24) is 19.8 Å². The van der Waals surface area contributed by atoms with E-state index in [-0.39, 0.29) is 35.8 Å². The lowest BCUT2D eigenvalue weighted by Crippen LogP contribution is -2.58. The molecule has 3 heterocycles. The molecule has 1 saturated heterocycles. The number of nitrogens with zero attached hydrogens (tertiary/aromatic N) is 3. The summed E-state index contributed by atoms with van der Waals surface area (Å²) in [6.07, 6.45) is 0. The van der Waals surface area contributed by atoms with Gasteiger partial charge in [-0.2, -0.15) is 0 Å². The Kier molecular flexibility index (Phi) is 7.37. The maximum Gasteiger partial charge on any atom is 0.290 e. The van der Waals surface area contributed by atoms with Gasteiger partial charge in [-0.1, -0.05) is 0 Å². The van der Waals surface area contributed by atoms with E-state index in [2.05, 4.69) is 21.8 Å². The van der Waals surface area contributed by atoms with Crippen LogP contribution in [-0.2, 0) is 11.3 Å². The molecule has 0 unspecified atom stereocenters. The molecule has 1 aromatic carbocycles. The number of rotatable bonds is 3. The second kappa shape index (κ2) is 10.0. The number of halogens is 1. The molecule has 10 heteroatoms. The lowest BCUT2D eigenvalue weighted by atomic mass is 10.0. The number of aromatic amines is 1. The van der Waals surface area contributed by atoms with Crippen molar-refractivity contribution in [3.05, 3.63) is 62.8 Å². The molecule has 2 N–H and O–H groups in total. The average molecular weight is 461 g/mol. The number of hydrogen-bond acceptors (Lipinski definition) is 6. The minimum atomic E-state index is -0.308. The standard InChI is InChI=1S/C21H23FN4O2S.CH2O2/c1-12-10-15(4-5-16(12)22)21(28)26-8-7-25(13(2)14(26)3)11-18-23-17-6-9-29-19(17)20(27)24-18;2-1-3/h4-6,9-10,13-14H,7-8,11H2,1-3H3,(H,23,24,27);1H,(H,2,3)/t13-,14-;/m1./s1. The van der Waals surface area contributed by atoms with Crippen LogP contribution in [0.3, 0.4) is 0 Å². The number of H-pyrrole nitrogens is 1. The molecule has 0 bridgehead atoms. The Morgan fingerprint density at radius 1 is 1.31 bits per heavy atom. The SMILES string of the molecule is Cc1cc(C(=O)N2CCN(Cc3nc4ccsc4c(=O)[nH]3)[C@H](C)[C@H]2C)ccc1F.O=CO. The van der Waals surface area contributed by atoms with Gasteiger partial charge in [-0.25, -0.2) is 9.37 Å². The maximum absolute atomic E-state index is 13.5. The summed E-state index contributed by atoms with van der Waals surface area (Å²) >= 11 is 1.39. The van der Waals surface area contributed by atoms with Gasteiger partial charge in [0.05, 0.1) is 12.1 Å². The van der Waals surface area contributed by atoms with E-state index in [9.17, 15) is 14.0 Å². The fraction of sp³-hybridized carbons (Fsp3) is 0.364. The number of benzene rings is 1. The zero-order valence-corrected chi connectivity index (χ0v) is 18.9. The van der Waals surface area contributed by atoms with Gasteiger partial charge >= 0.3 is 0 Å². The van der Waals surface area contributed by atoms with Crippen LogP contribution in [0.25, 0.3) is 10.2 Å². The molecule has 32 heavy (non-hydrogen) atoms. The van der Waals surface area contributed by atoms with Gasteiger partial charge in [0.2, 0.25) is 0 Å². The second-order valence-corrected chi connectivity index (χ2v) is 8.58. The first-order valence-corrected chi connectivity index (χ1v) is 11.0. The highest BCUT2D eigenvalue weighted by Gasteiger charge is 2.34. The van der Waals surface area contributed by atoms with Crippen LogP contribution in [0.1, 0.15) is 35.6 Å². The van der Waals surface area contributed by atoms with E-state index in [1.807, 2.05) is 23.3 Å². The van der Waals surface area contributed by atoms with E-state index in [1.165, 1.54) is 17.4 Å². The van der Waals surface area contributed by atoms with Gasteiger partial charge in [0, 0.05) is 30.7 Å². The summed E-state index contributed by atoms with van der Waals surface area (Å²) in [7, 11) is 0. The van der Waals surface area contributed by atoms with Crippen LogP contribution in [0.4, 0.5) is 4.39 Å². The first-order valence-electron chi connectivity index (χ1n) is 10.1. The number of carbonyl (C=O) groups excluding carboxylic acids is 1. The molecule has 0 spiro atoms. The van der Waals surface area contributed by atoms with Crippen LogP contribution in [0.2, 0.25) is 0 Å². The Labute approximate surface area is 188 Å². The van der Waals surface area contributed by atoms with Gasteiger partial charge in [0.15, 0.2) is 0 Å². The van der Waals surface area contributed by atoms with E-state index in [1.54, 1.807) is 19.1 Å². The van der Waals surface area contributed by atoms with Crippen LogP contribution >= 0.6 is 11.3 Å². The zero-order valence-electron chi connectivity index (χ0n) is 18.0. The van der Waals surface area contributed by atoms with Crippen molar-refractivity contribution >= 4 is 33.9 Å². The van der Waals surface area contributed by atoms with Gasteiger partial charge < -0.3 is 15.0 Å². The van der Waals surface area contributed by atoms with Gasteiger partial charge in [-0.15, -0.1) is 11.3 Å². The summed E-state index contributed by atoms with van der Waals surface area (Å²) in [5.41, 5.74) is 1.58. The Morgan fingerprint density at radius 3 is 2.72 bits per heavy atom. The smallest absolute Gasteiger partial charge is 0.290 e. The van der Waals surface area contributed by atoms with Crippen molar-refractivity contribution in [2.45, 2.75) is 39.4 Å². The number of aryl methyl sites for hydroxylation is 1. The average Bonchev–Trinajstić information content (AvgIpc) is 3.23. The summed E-state index contributed by atoms with van der Waals surface area (Å²) in [4.78, 5) is 45.1. The van der Waals surface area contributed by atoms with E-state index in [0.29, 0.717) is 41.3 Å². The van der Waals surface area contributed by atoms with Crippen LogP contribution < -0.4 is 5.56 Å². The molecule has 1 amide bonds. The fourth-order valence-electron chi connectivity index (χ4n) is 3.85. The molecule has 2 aromatic heterocycles. The van der Waals surface area contributed by atoms with Gasteiger partial charge in [-0.3, -0.25) is 19.3 Å². The fourth-order valence-corrected chi connectivity index (χ4v) is 4.58. The maximum atomic E-state index is 13.5. The summed E-state index contributed by atoms with van der Waals surface area (Å²) < 4.78 is 14.2. The van der Waals surface area contributed by atoms with Crippen LogP contribution in [0.5, 0.6) is 0 Å². The quantitative estimate of drug-likeness (QED) is 0.582. The molecular weight excluding hydrogens is 435 g/mol. The van der Waals surface area contributed by atoms with Gasteiger partial charge in [-0.05, 0) is 56.0 Å². The summed E-state index contributed by atoms with van der Waals surface area (Å²) in [5, 5.41) is 8.75. The molecule has 1 aliphatic heterocycles. The molecule has 0 saturated carbocycles. The van der Waals surface area contributed by atoms with E-state index in [4.69, 9.17) is 9.90 Å². The number of carboxylic acid groups (broad SMARTS) is 1. The van der Waals surface area contributed by atoms with E-state index < -0.39 is 0 Å². The third-order valence-electron chi connectivity index (χ3n) is 5.78. The third kappa shape index (κ3) is 4.86. The molecule has 0 radical (unpaired) electrons. The molecule has 3 aromatic rings. The van der Waals surface area contributed by atoms with Crippen molar-refractivity contribution in [2.24, 2.45) is 0 Å². The zero-order chi connectivity index (χ0) is 23.4.